The minimum Gasteiger partial charge on any atom is -0.460 e. The van der Waals surface area contributed by atoms with Gasteiger partial charge in [0.1, 0.15) is 17.3 Å². The molecule has 0 amide bonds. The topological polar surface area (TPSA) is 51.4 Å². The zero-order chi connectivity index (χ0) is 20.6. The Morgan fingerprint density at radius 2 is 1.58 bits per heavy atom. The van der Waals surface area contributed by atoms with Gasteiger partial charge < -0.3 is 14.1 Å². The molecule has 158 valence electrons. The molecule has 1 saturated carbocycles. The minimum atomic E-state index is 0.210. The Kier molecular flexibility index (Phi) is 4.84. The molecule has 2 aromatic heterocycles. The Bertz CT molecular complexity index is 1190. The van der Waals surface area contributed by atoms with Gasteiger partial charge in [-0.2, -0.15) is 0 Å². The summed E-state index contributed by atoms with van der Waals surface area (Å²) in [4.78, 5) is 11.7. The fraction of sp³-hybridized carbons (Fsp3) is 0.385. The molecule has 3 heterocycles. The van der Waals surface area contributed by atoms with Crippen LogP contribution in [-0.4, -0.2) is 40.1 Å². The summed E-state index contributed by atoms with van der Waals surface area (Å²) < 4.78 is 12.3. The summed E-state index contributed by atoms with van der Waals surface area (Å²) in [5.41, 5.74) is 3.72. The van der Waals surface area contributed by atoms with Gasteiger partial charge in [0.2, 0.25) is 0 Å². The Balaban J connectivity index is 1.18. The quantitative estimate of drug-likeness (QED) is 0.421. The smallest absolute Gasteiger partial charge is 0.316 e. The van der Waals surface area contributed by atoms with E-state index in [0.717, 1.165) is 65.0 Å². The molecule has 4 aromatic rings. The van der Waals surface area contributed by atoms with Gasteiger partial charge in [-0.05, 0) is 31.7 Å². The van der Waals surface area contributed by atoms with Gasteiger partial charge in [-0.15, -0.1) is 0 Å². The van der Waals surface area contributed by atoms with Crippen molar-refractivity contribution in [2.45, 2.75) is 50.7 Å². The third kappa shape index (κ3) is 3.57. The molecule has 1 aliphatic carbocycles. The van der Waals surface area contributed by atoms with Gasteiger partial charge >= 0.3 is 6.01 Å². The average molecular weight is 414 g/mol. The van der Waals surface area contributed by atoms with E-state index >= 15 is 0 Å². The van der Waals surface area contributed by atoms with Crippen LogP contribution in [0.25, 0.3) is 33.1 Å². The second kappa shape index (κ2) is 7.97. The van der Waals surface area contributed by atoms with Crippen molar-refractivity contribution in [3.8, 4) is 17.1 Å². The van der Waals surface area contributed by atoms with Crippen molar-refractivity contribution in [3.63, 3.8) is 0 Å². The van der Waals surface area contributed by atoms with E-state index in [0.29, 0.717) is 6.01 Å². The molecule has 0 unspecified atom stereocenters. The Morgan fingerprint density at radius 3 is 2.39 bits per heavy atom. The van der Waals surface area contributed by atoms with E-state index in [1.807, 2.05) is 30.6 Å². The van der Waals surface area contributed by atoms with Gasteiger partial charge in [0.05, 0.1) is 0 Å². The summed E-state index contributed by atoms with van der Waals surface area (Å²) in [5.74, 6) is 0. The van der Waals surface area contributed by atoms with E-state index in [1.165, 1.54) is 25.7 Å². The Hall–Kier alpha value is -2.92. The minimum absolute atomic E-state index is 0.210. The van der Waals surface area contributed by atoms with Gasteiger partial charge in [-0.1, -0.05) is 49.2 Å². The first-order chi connectivity index (χ1) is 15.3. The van der Waals surface area contributed by atoms with Gasteiger partial charge in [-0.25, -0.2) is 9.97 Å². The van der Waals surface area contributed by atoms with Crippen molar-refractivity contribution in [3.05, 3.63) is 54.9 Å². The maximum Gasteiger partial charge on any atom is 0.316 e. The van der Waals surface area contributed by atoms with Gasteiger partial charge in [-0.3, -0.25) is 0 Å². The molecule has 0 spiro atoms. The van der Waals surface area contributed by atoms with Crippen LogP contribution >= 0.6 is 0 Å². The van der Waals surface area contributed by atoms with Crippen molar-refractivity contribution in [2.24, 2.45) is 0 Å². The molecule has 5 heteroatoms. The first kappa shape index (κ1) is 18.8. The lowest BCUT2D eigenvalue weighted by atomic mass is 10.0. The second-order valence-electron chi connectivity index (χ2n) is 8.83. The van der Waals surface area contributed by atoms with Crippen LogP contribution in [0.4, 0.5) is 0 Å². The van der Waals surface area contributed by atoms with Crippen molar-refractivity contribution < 1.29 is 9.15 Å². The van der Waals surface area contributed by atoms with E-state index in [4.69, 9.17) is 9.15 Å². The van der Waals surface area contributed by atoms with Crippen molar-refractivity contribution in [1.82, 2.24) is 14.9 Å². The van der Waals surface area contributed by atoms with E-state index in [-0.39, 0.29) is 6.10 Å². The molecular weight excluding hydrogens is 386 g/mol. The fourth-order valence-corrected chi connectivity index (χ4v) is 5.27. The van der Waals surface area contributed by atoms with Crippen LogP contribution in [-0.2, 0) is 0 Å². The third-order valence-corrected chi connectivity index (χ3v) is 6.93. The van der Waals surface area contributed by atoms with E-state index in [2.05, 4.69) is 39.1 Å². The van der Waals surface area contributed by atoms with Crippen molar-refractivity contribution >= 4 is 21.9 Å². The normalized spacial score (nSPS) is 18.8. The largest absolute Gasteiger partial charge is 0.460 e. The number of piperidine rings is 1. The molecule has 0 bridgehead atoms. The standard InChI is InChI=1S/C26H27N3O2/c1-2-7-19(6-1)29-14-12-20(13-15-29)30-26-27-16-18(17-28-26)21-9-5-10-23-22-8-3-4-11-24(22)31-25(21)23/h3-5,8-11,16-17,19-20H,1-2,6-7,12-15H2. The second-order valence-corrected chi connectivity index (χ2v) is 8.83. The first-order valence-electron chi connectivity index (χ1n) is 11.5. The molecule has 0 atom stereocenters. The maximum absolute atomic E-state index is 6.15. The van der Waals surface area contributed by atoms with Crippen molar-refractivity contribution in [1.29, 1.82) is 0 Å². The number of ether oxygens (including phenoxy) is 1. The molecule has 1 aliphatic heterocycles. The number of para-hydroxylation sites is 2. The number of aromatic nitrogens is 2. The number of fused-ring (bicyclic) bond motifs is 3. The van der Waals surface area contributed by atoms with Crippen LogP contribution in [0.2, 0.25) is 0 Å². The first-order valence-corrected chi connectivity index (χ1v) is 11.5. The van der Waals surface area contributed by atoms with Crippen LogP contribution in [0.1, 0.15) is 38.5 Å². The molecule has 31 heavy (non-hydrogen) atoms. The number of rotatable bonds is 4. The van der Waals surface area contributed by atoms with E-state index < -0.39 is 0 Å². The molecule has 2 aliphatic rings. The molecule has 0 radical (unpaired) electrons. The number of nitrogens with zero attached hydrogens (tertiary/aromatic N) is 3. The molecule has 0 N–H and O–H groups in total. The molecule has 1 saturated heterocycles. The summed E-state index contributed by atoms with van der Waals surface area (Å²) in [6.07, 6.45) is 11.5. The number of furan rings is 1. The number of likely N-dealkylation sites (tertiary alicyclic amines) is 1. The highest BCUT2D eigenvalue weighted by atomic mass is 16.5. The molecule has 5 nitrogen and oxygen atoms in total. The lowest BCUT2D eigenvalue weighted by molar-refractivity contribution is 0.0710. The number of hydrogen-bond donors (Lipinski definition) is 0. The van der Waals surface area contributed by atoms with Gasteiger partial charge in [0.15, 0.2) is 0 Å². The zero-order valence-electron chi connectivity index (χ0n) is 17.7. The van der Waals surface area contributed by atoms with Crippen LogP contribution in [0.5, 0.6) is 6.01 Å². The maximum atomic E-state index is 6.15. The van der Waals surface area contributed by atoms with Gasteiger partial charge in [0.25, 0.3) is 0 Å². The van der Waals surface area contributed by atoms with E-state index in [9.17, 15) is 0 Å². The summed E-state index contributed by atoms with van der Waals surface area (Å²) in [7, 11) is 0. The zero-order valence-corrected chi connectivity index (χ0v) is 17.7. The highest BCUT2D eigenvalue weighted by Crippen LogP contribution is 2.35. The molecular formula is C26H27N3O2. The highest BCUT2D eigenvalue weighted by molar-refractivity contribution is 6.09. The lowest BCUT2D eigenvalue weighted by Crippen LogP contribution is -2.43. The summed E-state index contributed by atoms with van der Waals surface area (Å²) in [6.45, 7) is 2.25. The van der Waals surface area contributed by atoms with Crippen LogP contribution in [0.3, 0.4) is 0 Å². The van der Waals surface area contributed by atoms with E-state index in [1.54, 1.807) is 0 Å². The van der Waals surface area contributed by atoms with Gasteiger partial charge in [0, 0.05) is 53.4 Å². The fourth-order valence-electron chi connectivity index (χ4n) is 5.27. The van der Waals surface area contributed by atoms with Crippen LogP contribution < -0.4 is 4.74 Å². The number of hydrogen-bond acceptors (Lipinski definition) is 5. The monoisotopic (exact) mass is 413 g/mol. The highest BCUT2D eigenvalue weighted by Gasteiger charge is 2.28. The summed E-state index contributed by atoms with van der Waals surface area (Å²) >= 11 is 0. The Labute approximate surface area is 182 Å². The summed E-state index contributed by atoms with van der Waals surface area (Å²) in [6, 6.07) is 15.6. The lowest BCUT2D eigenvalue weighted by Gasteiger charge is -2.35. The predicted molar refractivity (Wildman–Crippen MR) is 122 cm³/mol. The molecule has 2 fully saturated rings. The number of benzene rings is 2. The predicted octanol–water partition coefficient (Wildman–Crippen LogP) is 5.83. The summed E-state index contributed by atoms with van der Waals surface area (Å²) in [5, 5.41) is 2.24. The third-order valence-electron chi connectivity index (χ3n) is 6.93. The van der Waals surface area contributed by atoms with Crippen LogP contribution in [0.15, 0.2) is 59.3 Å². The Morgan fingerprint density at radius 1 is 0.839 bits per heavy atom. The van der Waals surface area contributed by atoms with Crippen molar-refractivity contribution in [2.75, 3.05) is 13.1 Å². The van der Waals surface area contributed by atoms with Crippen LogP contribution in [0, 0.1) is 0 Å². The average Bonchev–Trinajstić information content (AvgIpc) is 3.48. The molecule has 2 aromatic carbocycles. The molecule has 6 rings (SSSR count). The SMILES string of the molecule is c1ccc2c(c1)oc1c(-c3cnc(OC4CCN(C5CCCC5)CC4)nc3)cccc12.